The van der Waals surface area contributed by atoms with E-state index in [4.69, 9.17) is 16.3 Å². The average Bonchev–Trinajstić information content (AvgIpc) is 3.00. The first kappa shape index (κ1) is 17.7. The standard InChI is InChI=1S/C16H16ClF3O3/c1-15(2)12(13(15)14(21)22-3)11(8-17)9-5-4-6-10(7-9)23-16(18,19)20/h4-8,12-13H,1-3H3. The summed E-state index contributed by atoms with van der Waals surface area (Å²) in [5.74, 6) is -1.31. The Morgan fingerprint density at radius 3 is 2.48 bits per heavy atom. The number of rotatable bonds is 4. The molecule has 1 aromatic carbocycles. The molecule has 1 saturated carbocycles. The van der Waals surface area contributed by atoms with Crippen LogP contribution in [0.1, 0.15) is 19.4 Å². The van der Waals surface area contributed by atoms with Gasteiger partial charge in [0.1, 0.15) is 5.75 Å². The first-order valence-corrected chi connectivity index (χ1v) is 7.29. The summed E-state index contributed by atoms with van der Waals surface area (Å²) in [5, 5.41) is 0. The van der Waals surface area contributed by atoms with Crippen molar-refractivity contribution in [3.63, 3.8) is 0 Å². The lowest BCUT2D eigenvalue weighted by molar-refractivity contribution is -0.274. The molecule has 2 rings (SSSR count). The minimum Gasteiger partial charge on any atom is -0.469 e. The van der Waals surface area contributed by atoms with Crippen LogP contribution in [0, 0.1) is 17.3 Å². The number of carbonyl (C=O) groups excluding carboxylic acids is 1. The predicted octanol–water partition coefficient (Wildman–Crippen LogP) is 4.61. The lowest BCUT2D eigenvalue weighted by Crippen LogP contribution is -2.17. The summed E-state index contributed by atoms with van der Waals surface area (Å²) in [6.07, 6.45) is -4.77. The van der Waals surface area contributed by atoms with Gasteiger partial charge in [0.15, 0.2) is 0 Å². The Labute approximate surface area is 137 Å². The second kappa shape index (κ2) is 6.07. The van der Waals surface area contributed by atoms with Crippen molar-refractivity contribution in [1.82, 2.24) is 0 Å². The second-order valence-corrected chi connectivity index (χ2v) is 6.16. The highest BCUT2D eigenvalue weighted by Crippen LogP contribution is 2.64. The average molecular weight is 349 g/mol. The number of benzene rings is 1. The number of ether oxygens (including phenoxy) is 2. The number of hydrogen-bond donors (Lipinski definition) is 0. The minimum atomic E-state index is -4.77. The molecule has 0 bridgehead atoms. The van der Waals surface area contributed by atoms with Crippen molar-refractivity contribution in [1.29, 1.82) is 0 Å². The number of carbonyl (C=O) groups is 1. The van der Waals surface area contributed by atoms with Crippen LogP contribution in [-0.4, -0.2) is 19.4 Å². The highest BCUT2D eigenvalue weighted by molar-refractivity contribution is 6.28. The summed E-state index contributed by atoms with van der Waals surface area (Å²) in [6, 6.07) is 5.53. The summed E-state index contributed by atoms with van der Waals surface area (Å²) in [5.41, 5.74) is 1.97. The molecule has 1 aliphatic carbocycles. The summed E-state index contributed by atoms with van der Waals surface area (Å²) < 4.78 is 45.7. The highest BCUT2D eigenvalue weighted by atomic mass is 35.5. The second-order valence-electron chi connectivity index (χ2n) is 5.94. The Morgan fingerprint density at radius 2 is 1.96 bits per heavy atom. The van der Waals surface area contributed by atoms with Crippen LogP contribution in [0.2, 0.25) is 0 Å². The quantitative estimate of drug-likeness (QED) is 0.745. The van der Waals surface area contributed by atoms with E-state index in [1.807, 2.05) is 13.8 Å². The summed E-state index contributed by atoms with van der Waals surface area (Å²) >= 11 is 5.89. The molecule has 3 nitrogen and oxygen atoms in total. The van der Waals surface area contributed by atoms with E-state index in [0.29, 0.717) is 11.1 Å². The van der Waals surface area contributed by atoms with E-state index < -0.39 is 6.36 Å². The van der Waals surface area contributed by atoms with Gasteiger partial charge in [-0.2, -0.15) is 0 Å². The first-order valence-electron chi connectivity index (χ1n) is 6.86. The molecule has 23 heavy (non-hydrogen) atoms. The normalized spacial score (nSPS) is 23.3. The molecule has 0 radical (unpaired) electrons. The van der Waals surface area contributed by atoms with Crippen molar-refractivity contribution in [3.05, 3.63) is 35.4 Å². The van der Waals surface area contributed by atoms with E-state index in [1.54, 1.807) is 6.07 Å². The van der Waals surface area contributed by atoms with Crippen LogP contribution < -0.4 is 4.74 Å². The van der Waals surface area contributed by atoms with Crippen LogP contribution in [-0.2, 0) is 9.53 Å². The Hall–Kier alpha value is -1.69. The summed E-state index contributed by atoms with van der Waals surface area (Å²) in [6.45, 7) is 3.77. The molecule has 0 aromatic heterocycles. The van der Waals surface area contributed by atoms with Gasteiger partial charge in [-0.1, -0.05) is 37.6 Å². The monoisotopic (exact) mass is 348 g/mol. The van der Waals surface area contributed by atoms with Crippen molar-refractivity contribution < 1.29 is 27.4 Å². The smallest absolute Gasteiger partial charge is 0.469 e. The van der Waals surface area contributed by atoms with E-state index in [2.05, 4.69) is 4.74 Å². The topological polar surface area (TPSA) is 35.5 Å². The number of halogens is 4. The van der Waals surface area contributed by atoms with Crippen LogP contribution in [0.25, 0.3) is 5.57 Å². The van der Waals surface area contributed by atoms with Gasteiger partial charge in [-0.05, 0) is 28.7 Å². The third-order valence-electron chi connectivity index (χ3n) is 4.14. The maximum absolute atomic E-state index is 12.3. The fourth-order valence-electron chi connectivity index (χ4n) is 2.97. The van der Waals surface area contributed by atoms with Crippen LogP contribution in [0.15, 0.2) is 29.8 Å². The van der Waals surface area contributed by atoms with E-state index in [0.717, 1.165) is 0 Å². The fraction of sp³-hybridized carbons (Fsp3) is 0.438. The van der Waals surface area contributed by atoms with Gasteiger partial charge in [0.2, 0.25) is 0 Å². The van der Waals surface area contributed by atoms with E-state index in [9.17, 15) is 18.0 Å². The van der Waals surface area contributed by atoms with Gasteiger partial charge in [0, 0.05) is 11.5 Å². The van der Waals surface area contributed by atoms with Crippen molar-refractivity contribution in [3.8, 4) is 5.75 Å². The van der Waals surface area contributed by atoms with Crippen molar-refractivity contribution in [2.75, 3.05) is 7.11 Å². The molecule has 126 valence electrons. The molecule has 1 aromatic rings. The van der Waals surface area contributed by atoms with E-state index >= 15 is 0 Å². The number of allylic oxidation sites excluding steroid dienone is 1. The lowest BCUT2D eigenvalue weighted by atomic mass is 9.98. The lowest BCUT2D eigenvalue weighted by Gasteiger charge is -2.12. The third-order valence-corrected chi connectivity index (χ3v) is 4.37. The molecule has 0 heterocycles. The Bertz CT molecular complexity index is 638. The van der Waals surface area contributed by atoms with Gasteiger partial charge >= 0.3 is 12.3 Å². The van der Waals surface area contributed by atoms with Gasteiger partial charge in [0.25, 0.3) is 0 Å². The predicted molar refractivity (Wildman–Crippen MR) is 79.7 cm³/mol. The molecule has 7 heteroatoms. The third kappa shape index (κ3) is 3.63. The maximum atomic E-state index is 12.3. The Morgan fingerprint density at radius 1 is 1.30 bits per heavy atom. The van der Waals surface area contributed by atoms with Gasteiger partial charge in [-0.15, -0.1) is 13.2 Å². The molecule has 2 atom stereocenters. The maximum Gasteiger partial charge on any atom is 0.573 e. The van der Waals surface area contributed by atoms with E-state index in [-0.39, 0.29) is 29.0 Å². The van der Waals surface area contributed by atoms with Gasteiger partial charge in [-0.25, -0.2) is 0 Å². The SMILES string of the molecule is COC(=O)C1C(C(=CCl)c2cccc(OC(F)(F)F)c2)C1(C)C. The highest BCUT2D eigenvalue weighted by Gasteiger charge is 2.64. The van der Waals surface area contributed by atoms with Gasteiger partial charge < -0.3 is 9.47 Å². The zero-order chi connectivity index (χ0) is 17.4. The number of alkyl halides is 3. The van der Waals surface area contributed by atoms with Crippen molar-refractivity contribution >= 4 is 23.1 Å². The molecule has 0 aliphatic heterocycles. The molecule has 0 N–H and O–H groups in total. The Kier molecular flexibility index (Phi) is 4.66. The van der Waals surface area contributed by atoms with Crippen LogP contribution in [0.3, 0.4) is 0 Å². The fourth-order valence-corrected chi connectivity index (χ4v) is 3.23. The van der Waals surface area contributed by atoms with Crippen molar-refractivity contribution in [2.24, 2.45) is 17.3 Å². The van der Waals surface area contributed by atoms with Crippen LogP contribution in [0.4, 0.5) is 13.2 Å². The summed E-state index contributed by atoms with van der Waals surface area (Å²) in [7, 11) is 1.30. The molecule has 0 spiro atoms. The minimum absolute atomic E-state index is 0.228. The summed E-state index contributed by atoms with van der Waals surface area (Å²) in [4.78, 5) is 11.8. The molecular formula is C16H16ClF3O3. The zero-order valence-electron chi connectivity index (χ0n) is 12.8. The first-order chi connectivity index (χ1) is 10.6. The number of esters is 1. The van der Waals surface area contributed by atoms with Crippen molar-refractivity contribution in [2.45, 2.75) is 20.2 Å². The number of methoxy groups -OCH3 is 1. The molecule has 0 amide bonds. The van der Waals surface area contributed by atoms with Crippen LogP contribution >= 0.6 is 11.6 Å². The molecular weight excluding hydrogens is 333 g/mol. The van der Waals surface area contributed by atoms with Gasteiger partial charge in [0.05, 0.1) is 13.0 Å². The molecule has 2 unspecified atom stereocenters. The molecule has 1 aliphatic rings. The molecule has 0 saturated heterocycles. The zero-order valence-corrected chi connectivity index (χ0v) is 13.5. The largest absolute Gasteiger partial charge is 0.573 e. The molecule has 1 fully saturated rings. The van der Waals surface area contributed by atoms with E-state index in [1.165, 1.54) is 30.8 Å². The van der Waals surface area contributed by atoms with Gasteiger partial charge in [-0.3, -0.25) is 4.79 Å². The van der Waals surface area contributed by atoms with Crippen LogP contribution in [0.5, 0.6) is 5.75 Å². The Balaban J connectivity index is 2.30. The number of hydrogen-bond acceptors (Lipinski definition) is 3.